The molecule has 0 spiro atoms. The first-order chi connectivity index (χ1) is 7.76. The highest BCUT2D eigenvalue weighted by atomic mass is 19.1. The van der Waals surface area contributed by atoms with E-state index in [2.05, 4.69) is 0 Å². The van der Waals surface area contributed by atoms with Gasteiger partial charge >= 0.3 is 0 Å². The van der Waals surface area contributed by atoms with Gasteiger partial charge in [0.05, 0.1) is 5.56 Å². The summed E-state index contributed by atoms with van der Waals surface area (Å²) in [5.41, 5.74) is 1.28. The van der Waals surface area contributed by atoms with Crippen LogP contribution in [0.15, 0.2) is 34.7 Å². The zero-order valence-corrected chi connectivity index (χ0v) is 9.59. The molecule has 1 aromatic carbocycles. The monoisotopic (exact) mass is 218 g/mol. The molecule has 84 valence electrons. The van der Waals surface area contributed by atoms with Gasteiger partial charge in [-0.1, -0.05) is 26.0 Å². The highest BCUT2D eigenvalue weighted by Crippen LogP contribution is 2.27. The summed E-state index contributed by atoms with van der Waals surface area (Å²) in [6, 6.07) is 9.16. The topological polar surface area (TPSA) is 13.1 Å². The van der Waals surface area contributed by atoms with E-state index >= 15 is 0 Å². The average molecular weight is 218 g/mol. The van der Waals surface area contributed by atoms with Crippen molar-refractivity contribution < 1.29 is 8.81 Å². The van der Waals surface area contributed by atoms with Gasteiger partial charge in [0.15, 0.2) is 0 Å². The minimum atomic E-state index is -0.165. The van der Waals surface area contributed by atoms with E-state index in [1.165, 1.54) is 0 Å². The van der Waals surface area contributed by atoms with Gasteiger partial charge in [-0.15, -0.1) is 0 Å². The molecule has 16 heavy (non-hydrogen) atoms. The first-order valence-corrected chi connectivity index (χ1v) is 5.62. The second-order valence-corrected chi connectivity index (χ2v) is 3.75. The van der Waals surface area contributed by atoms with Crippen LogP contribution in [-0.2, 0) is 12.8 Å². The van der Waals surface area contributed by atoms with Gasteiger partial charge in [0, 0.05) is 6.42 Å². The summed E-state index contributed by atoms with van der Waals surface area (Å²) in [6.07, 6.45) is 1.52. The number of furan rings is 1. The van der Waals surface area contributed by atoms with Crippen LogP contribution < -0.4 is 0 Å². The van der Waals surface area contributed by atoms with Crippen molar-refractivity contribution in [2.24, 2.45) is 0 Å². The Morgan fingerprint density at radius 1 is 1.06 bits per heavy atom. The molecular formula is C14H15FO. The van der Waals surface area contributed by atoms with Gasteiger partial charge in [-0.05, 0) is 30.2 Å². The third-order valence-corrected chi connectivity index (χ3v) is 2.74. The third kappa shape index (κ3) is 1.87. The maximum absolute atomic E-state index is 14.0. The smallest absolute Gasteiger partial charge is 0.137 e. The van der Waals surface area contributed by atoms with Crippen LogP contribution in [0.2, 0.25) is 0 Å². The predicted octanol–water partition coefficient (Wildman–Crippen LogP) is 4.21. The molecular weight excluding hydrogens is 203 g/mol. The highest BCUT2D eigenvalue weighted by molar-refractivity contribution is 5.59. The maximum atomic E-state index is 14.0. The van der Waals surface area contributed by atoms with Crippen molar-refractivity contribution in [3.63, 3.8) is 0 Å². The Hall–Kier alpha value is -1.57. The summed E-state index contributed by atoms with van der Waals surface area (Å²) in [6.45, 7) is 3.96. The lowest BCUT2D eigenvalue weighted by atomic mass is 10.1. The van der Waals surface area contributed by atoms with Gasteiger partial charge in [-0.25, -0.2) is 4.39 Å². The molecule has 0 aliphatic carbocycles. The molecule has 0 saturated heterocycles. The van der Waals surface area contributed by atoms with Crippen molar-refractivity contribution in [3.05, 3.63) is 47.5 Å². The second-order valence-electron chi connectivity index (χ2n) is 3.75. The van der Waals surface area contributed by atoms with Crippen molar-refractivity contribution in [1.29, 1.82) is 0 Å². The van der Waals surface area contributed by atoms with E-state index in [4.69, 9.17) is 4.42 Å². The van der Waals surface area contributed by atoms with E-state index in [1.54, 1.807) is 6.07 Å². The highest BCUT2D eigenvalue weighted by Gasteiger charge is 2.11. The zero-order chi connectivity index (χ0) is 11.5. The Kier molecular flexibility index (Phi) is 3.09. The molecule has 0 unspecified atom stereocenters. The van der Waals surface area contributed by atoms with E-state index in [9.17, 15) is 4.39 Å². The average Bonchev–Trinajstić information content (AvgIpc) is 2.78. The van der Waals surface area contributed by atoms with E-state index in [-0.39, 0.29) is 5.82 Å². The number of aryl methyl sites for hydroxylation is 2. The molecule has 0 N–H and O–H groups in total. The third-order valence-electron chi connectivity index (χ3n) is 2.74. The number of hydrogen-bond acceptors (Lipinski definition) is 1. The molecule has 0 aliphatic heterocycles. The largest absolute Gasteiger partial charge is 0.461 e. The molecule has 2 rings (SSSR count). The van der Waals surface area contributed by atoms with Gasteiger partial charge in [0.1, 0.15) is 17.3 Å². The van der Waals surface area contributed by atoms with Crippen LogP contribution >= 0.6 is 0 Å². The van der Waals surface area contributed by atoms with E-state index in [0.29, 0.717) is 17.7 Å². The Morgan fingerprint density at radius 2 is 1.88 bits per heavy atom. The van der Waals surface area contributed by atoms with E-state index in [0.717, 1.165) is 17.7 Å². The molecule has 0 amide bonds. The van der Waals surface area contributed by atoms with Gasteiger partial charge < -0.3 is 4.42 Å². The van der Waals surface area contributed by atoms with Crippen LogP contribution in [0.5, 0.6) is 0 Å². The fraction of sp³-hybridized carbons (Fsp3) is 0.286. The van der Waals surface area contributed by atoms with Crippen molar-refractivity contribution >= 4 is 0 Å². The SMILES string of the molecule is CCc1ccc(-c2cccc(CC)c2F)o1. The first-order valence-electron chi connectivity index (χ1n) is 5.62. The Balaban J connectivity index is 2.47. The molecule has 0 saturated carbocycles. The molecule has 1 nitrogen and oxygen atoms in total. The molecule has 2 heteroatoms. The summed E-state index contributed by atoms with van der Waals surface area (Å²) in [5.74, 6) is 1.34. The van der Waals surface area contributed by atoms with Gasteiger partial charge in [0.25, 0.3) is 0 Å². The van der Waals surface area contributed by atoms with E-state index < -0.39 is 0 Å². The fourth-order valence-electron chi connectivity index (χ4n) is 1.76. The van der Waals surface area contributed by atoms with Crippen molar-refractivity contribution in [2.75, 3.05) is 0 Å². The Morgan fingerprint density at radius 3 is 2.50 bits per heavy atom. The van der Waals surface area contributed by atoms with Crippen molar-refractivity contribution in [3.8, 4) is 11.3 Å². The molecule has 1 aromatic heterocycles. The lowest BCUT2D eigenvalue weighted by Gasteiger charge is -2.04. The summed E-state index contributed by atoms with van der Waals surface area (Å²) >= 11 is 0. The van der Waals surface area contributed by atoms with Gasteiger partial charge in [0.2, 0.25) is 0 Å². The summed E-state index contributed by atoms with van der Waals surface area (Å²) in [7, 11) is 0. The molecule has 0 atom stereocenters. The summed E-state index contributed by atoms with van der Waals surface area (Å²) in [5, 5.41) is 0. The lowest BCUT2D eigenvalue weighted by Crippen LogP contribution is -1.90. The van der Waals surface area contributed by atoms with Crippen molar-refractivity contribution in [2.45, 2.75) is 26.7 Å². The Bertz CT molecular complexity index is 485. The molecule has 0 radical (unpaired) electrons. The quantitative estimate of drug-likeness (QED) is 0.752. The Labute approximate surface area is 94.9 Å². The molecule has 0 fully saturated rings. The summed E-state index contributed by atoms with van der Waals surface area (Å²) < 4.78 is 19.6. The number of halogens is 1. The van der Waals surface area contributed by atoms with Crippen LogP contribution in [0.1, 0.15) is 25.2 Å². The van der Waals surface area contributed by atoms with Crippen LogP contribution in [0.25, 0.3) is 11.3 Å². The predicted molar refractivity (Wildman–Crippen MR) is 62.9 cm³/mol. The molecule has 2 aromatic rings. The maximum Gasteiger partial charge on any atom is 0.137 e. The van der Waals surface area contributed by atoms with Crippen LogP contribution in [0.4, 0.5) is 4.39 Å². The lowest BCUT2D eigenvalue weighted by molar-refractivity contribution is 0.522. The number of rotatable bonds is 3. The molecule has 1 heterocycles. The number of hydrogen-bond donors (Lipinski definition) is 0. The standard InChI is InChI=1S/C14H15FO/c1-3-10-6-5-7-12(14(10)15)13-9-8-11(4-2)16-13/h5-9H,3-4H2,1-2H3. The van der Waals surface area contributed by atoms with Crippen LogP contribution in [0, 0.1) is 5.82 Å². The van der Waals surface area contributed by atoms with Crippen LogP contribution in [-0.4, -0.2) is 0 Å². The van der Waals surface area contributed by atoms with Gasteiger partial charge in [-0.3, -0.25) is 0 Å². The molecule has 0 bridgehead atoms. The second kappa shape index (κ2) is 4.52. The minimum Gasteiger partial charge on any atom is -0.461 e. The molecule has 0 aliphatic rings. The van der Waals surface area contributed by atoms with Crippen LogP contribution in [0.3, 0.4) is 0 Å². The minimum absolute atomic E-state index is 0.165. The van der Waals surface area contributed by atoms with Gasteiger partial charge in [-0.2, -0.15) is 0 Å². The van der Waals surface area contributed by atoms with E-state index in [1.807, 2.05) is 38.1 Å². The zero-order valence-electron chi connectivity index (χ0n) is 9.59. The first kappa shape index (κ1) is 10.9. The fourth-order valence-corrected chi connectivity index (χ4v) is 1.76. The normalized spacial score (nSPS) is 10.7. The summed E-state index contributed by atoms with van der Waals surface area (Å²) in [4.78, 5) is 0. The van der Waals surface area contributed by atoms with Crippen molar-refractivity contribution in [1.82, 2.24) is 0 Å². The number of benzene rings is 1.